The standard InChI is InChI=1S/C18H18FN5O/c1-11(2)12-3-7-14(8-4-12)21-18(25)16-17(20)24(23-22-16)15-9-5-13(19)6-10-15/h3-11H,20H2,1-2H3,(H,21,25). The van der Waals surface area contributed by atoms with E-state index in [1.165, 1.54) is 34.5 Å². The number of nitrogens with one attached hydrogen (secondary N) is 1. The molecule has 0 spiro atoms. The second-order valence-electron chi connectivity index (χ2n) is 5.94. The third-order valence-electron chi connectivity index (χ3n) is 3.83. The number of halogens is 1. The number of amides is 1. The maximum atomic E-state index is 13.0. The molecule has 0 aliphatic rings. The molecule has 0 radical (unpaired) electrons. The van der Waals surface area contributed by atoms with Crippen LogP contribution in [0.2, 0.25) is 0 Å². The van der Waals surface area contributed by atoms with Gasteiger partial charge >= 0.3 is 0 Å². The van der Waals surface area contributed by atoms with Crippen LogP contribution in [0.3, 0.4) is 0 Å². The topological polar surface area (TPSA) is 85.8 Å². The lowest BCUT2D eigenvalue weighted by molar-refractivity contribution is 0.102. The van der Waals surface area contributed by atoms with Gasteiger partial charge in [-0.1, -0.05) is 31.2 Å². The van der Waals surface area contributed by atoms with E-state index in [1.54, 1.807) is 0 Å². The highest BCUT2D eigenvalue weighted by atomic mass is 19.1. The van der Waals surface area contributed by atoms with Crippen LogP contribution in [0.5, 0.6) is 0 Å². The number of aromatic nitrogens is 3. The van der Waals surface area contributed by atoms with Crippen LogP contribution in [0.15, 0.2) is 48.5 Å². The van der Waals surface area contributed by atoms with Crippen LogP contribution >= 0.6 is 0 Å². The van der Waals surface area contributed by atoms with Gasteiger partial charge in [-0.25, -0.2) is 4.39 Å². The first kappa shape index (κ1) is 16.6. The van der Waals surface area contributed by atoms with E-state index in [-0.39, 0.29) is 17.3 Å². The van der Waals surface area contributed by atoms with Crippen molar-refractivity contribution in [3.8, 4) is 5.69 Å². The molecule has 25 heavy (non-hydrogen) atoms. The van der Waals surface area contributed by atoms with E-state index in [0.29, 0.717) is 17.3 Å². The van der Waals surface area contributed by atoms with Crippen LogP contribution in [-0.2, 0) is 0 Å². The van der Waals surface area contributed by atoms with Crippen molar-refractivity contribution in [2.24, 2.45) is 0 Å². The quantitative estimate of drug-likeness (QED) is 0.763. The Balaban J connectivity index is 1.80. The van der Waals surface area contributed by atoms with Crippen LogP contribution in [0, 0.1) is 5.82 Å². The van der Waals surface area contributed by atoms with E-state index in [1.807, 2.05) is 24.3 Å². The minimum absolute atomic E-state index is 0.0114. The number of hydrogen-bond donors (Lipinski definition) is 2. The van der Waals surface area contributed by atoms with Crippen molar-refractivity contribution < 1.29 is 9.18 Å². The molecule has 2 aromatic carbocycles. The Morgan fingerprint density at radius 3 is 2.36 bits per heavy atom. The van der Waals surface area contributed by atoms with Crippen molar-refractivity contribution in [1.29, 1.82) is 0 Å². The molecule has 1 amide bonds. The highest BCUT2D eigenvalue weighted by Crippen LogP contribution is 2.19. The van der Waals surface area contributed by atoms with E-state index in [4.69, 9.17) is 5.73 Å². The Bertz CT molecular complexity index is 885. The summed E-state index contributed by atoms with van der Waals surface area (Å²) in [6, 6.07) is 13.2. The van der Waals surface area contributed by atoms with Crippen molar-refractivity contribution in [2.45, 2.75) is 19.8 Å². The molecule has 3 rings (SSSR count). The van der Waals surface area contributed by atoms with Crippen molar-refractivity contribution in [3.63, 3.8) is 0 Å². The predicted molar refractivity (Wildman–Crippen MR) is 94.2 cm³/mol. The number of nitrogen functional groups attached to an aromatic ring is 1. The Labute approximate surface area is 144 Å². The normalized spacial score (nSPS) is 10.9. The van der Waals surface area contributed by atoms with Crippen molar-refractivity contribution in [1.82, 2.24) is 15.0 Å². The fraction of sp³-hybridized carbons (Fsp3) is 0.167. The number of carbonyl (C=O) groups is 1. The van der Waals surface area contributed by atoms with Gasteiger partial charge in [-0.3, -0.25) is 4.79 Å². The molecule has 3 N–H and O–H groups in total. The number of rotatable bonds is 4. The van der Waals surface area contributed by atoms with Gasteiger partial charge in [-0.05, 0) is 47.9 Å². The van der Waals surface area contributed by atoms with E-state index in [0.717, 1.165) is 0 Å². The third kappa shape index (κ3) is 3.50. The minimum Gasteiger partial charge on any atom is -0.382 e. The average Bonchev–Trinajstić information content (AvgIpc) is 2.98. The van der Waals surface area contributed by atoms with Crippen molar-refractivity contribution >= 4 is 17.4 Å². The highest BCUT2D eigenvalue weighted by Gasteiger charge is 2.18. The van der Waals surface area contributed by atoms with Gasteiger partial charge in [-0.2, -0.15) is 4.68 Å². The molecule has 0 aliphatic heterocycles. The molecule has 1 heterocycles. The molecule has 0 atom stereocenters. The van der Waals surface area contributed by atoms with E-state index < -0.39 is 5.91 Å². The largest absolute Gasteiger partial charge is 0.382 e. The van der Waals surface area contributed by atoms with Gasteiger partial charge in [0.1, 0.15) is 5.82 Å². The third-order valence-corrected chi connectivity index (χ3v) is 3.83. The summed E-state index contributed by atoms with van der Waals surface area (Å²) in [4.78, 5) is 12.4. The molecule has 0 aliphatic carbocycles. The summed E-state index contributed by atoms with van der Waals surface area (Å²) in [5.74, 6) is -0.327. The van der Waals surface area contributed by atoms with Gasteiger partial charge in [0, 0.05) is 5.69 Å². The maximum Gasteiger partial charge on any atom is 0.280 e. The lowest BCUT2D eigenvalue weighted by Gasteiger charge is -2.08. The van der Waals surface area contributed by atoms with E-state index >= 15 is 0 Å². The summed E-state index contributed by atoms with van der Waals surface area (Å²) in [5.41, 5.74) is 8.33. The number of anilines is 2. The lowest BCUT2D eigenvalue weighted by Crippen LogP contribution is -2.15. The van der Waals surface area contributed by atoms with Crippen LogP contribution in [-0.4, -0.2) is 20.9 Å². The summed E-state index contributed by atoms with van der Waals surface area (Å²) in [6.07, 6.45) is 0. The molecular formula is C18H18FN5O. The zero-order chi connectivity index (χ0) is 18.0. The summed E-state index contributed by atoms with van der Waals surface area (Å²) >= 11 is 0. The summed E-state index contributed by atoms with van der Waals surface area (Å²) < 4.78 is 14.3. The molecule has 0 saturated heterocycles. The van der Waals surface area contributed by atoms with Gasteiger partial charge in [-0.15, -0.1) is 5.10 Å². The van der Waals surface area contributed by atoms with E-state index in [2.05, 4.69) is 29.5 Å². The number of nitrogens with two attached hydrogens (primary N) is 1. The molecule has 128 valence electrons. The zero-order valence-corrected chi connectivity index (χ0v) is 13.9. The number of benzene rings is 2. The number of carbonyl (C=O) groups excluding carboxylic acids is 1. The molecule has 6 nitrogen and oxygen atoms in total. The maximum absolute atomic E-state index is 13.0. The molecule has 0 fully saturated rings. The molecular weight excluding hydrogens is 321 g/mol. The van der Waals surface area contributed by atoms with Crippen molar-refractivity contribution in [2.75, 3.05) is 11.1 Å². The highest BCUT2D eigenvalue weighted by molar-refractivity contribution is 6.05. The van der Waals surface area contributed by atoms with E-state index in [9.17, 15) is 9.18 Å². The Kier molecular flexibility index (Phi) is 4.47. The van der Waals surface area contributed by atoms with Gasteiger partial charge in [0.15, 0.2) is 11.5 Å². The SMILES string of the molecule is CC(C)c1ccc(NC(=O)c2nnn(-c3ccc(F)cc3)c2N)cc1. The average molecular weight is 339 g/mol. The second-order valence-corrected chi connectivity index (χ2v) is 5.94. The lowest BCUT2D eigenvalue weighted by atomic mass is 10.0. The van der Waals surface area contributed by atoms with Crippen LogP contribution in [0.25, 0.3) is 5.69 Å². The van der Waals surface area contributed by atoms with Crippen LogP contribution in [0.1, 0.15) is 35.8 Å². The van der Waals surface area contributed by atoms with Crippen molar-refractivity contribution in [3.05, 3.63) is 65.6 Å². The second kappa shape index (κ2) is 6.72. The molecule has 0 saturated carbocycles. The zero-order valence-electron chi connectivity index (χ0n) is 13.9. The molecule has 1 aromatic heterocycles. The Morgan fingerprint density at radius 1 is 1.12 bits per heavy atom. The molecule has 3 aromatic rings. The van der Waals surface area contributed by atoms with Gasteiger partial charge in [0.2, 0.25) is 0 Å². The van der Waals surface area contributed by atoms with Crippen LogP contribution in [0.4, 0.5) is 15.9 Å². The number of hydrogen-bond acceptors (Lipinski definition) is 4. The molecule has 0 bridgehead atoms. The molecule has 0 unspecified atom stereocenters. The monoisotopic (exact) mass is 339 g/mol. The molecule has 7 heteroatoms. The first-order chi connectivity index (χ1) is 12.0. The summed E-state index contributed by atoms with van der Waals surface area (Å²) in [5, 5.41) is 10.5. The summed E-state index contributed by atoms with van der Waals surface area (Å²) in [7, 11) is 0. The number of nitrogens with zero attached hydrogens (tertiary/aromatic N) is 3. The first-order valence-corrected chi connectivity index (χ1v) is 7.84. The Morgan fingerprint density at radius 2 is 1.76 bits per heavy atom. The predicted octanol–water partition coefficient (Wildman–Crippen LogP) is 3.36. The smallest absolute Gasteiger partial charge is 0.280 e. The van der Waals surface area contributed by atoms with Gasteiger partial charge < -0.3 is 11.1 Å². The van der Waals surface area contributed by atoms with Crippen LogP contribution < -0.4 is 11.1 Å². The fourth-order valence-electron chi connectivity index (χ4n) is 2.37. The fourth-order valence-corrected chi connectivity index (χ4v) is 2.37. The first-order valence-electron chi connectivity index (χ1n) is 7.84. The van der Waals surface area contributed by atoms with Gasteiger partial charge in [0.05, 0.1) is 5.69 Å². The summed E-state index contributed by atoms with van der Waals surface area (Å²) in [6.45, 7) is 4.20. The Hall–Kier alpha value is -3.22. The minimum atomic E-state index is -0.455. The van der Waals surface area contributed by atoms with Gasteiger partial charge in [0.25, 0.3) is 5.91 Å².